The van der Waals surface area contributed by atoms with Gasteiger partial charge in [0.1, 0.15) is 11.6 Å². The van der Waals surface area contributed by atoms with Crippen LogP contribution in [0.2, 0.25) is 0 Å². The monoisotopic (exact) mass is 377 g/mol. The van der Waals surface area contributed by atoms with Gasteiger partial charge >= 0.3 is 5.69 Å². The standard InChI is InChI=1S/C17H16FN3O4S/c1-11-10-19-17(22)21(11)16-6-4-3-5-15(16)20-26(23,24)14-8-12(18)7-13(9-14)25-2/h3-10,20H,1-2H3,(H,19,22). The Labute approximate surface area is 149 Å². The summed E-state index contributed by atoms with van der Waals surface area (Å²) in [5, 5.41) is 0. The first kappa shape index (κ1) is 17.7. The van der Waals surface area contributed by atoms with Crippen LogP contribution in [0.4, 0.5) is 10.1 Å². The van der Waals surface area contributed by atoms with Gasteiger partial charge in [0, 0.05) is 24.0 Å². The second kappa shape index (κ2) is 6.68. The third kappa shape index (κ3) is 3.33. The van der Waals surface area contributed by atoms with Gasteiger partial charge in [-0.2, -0.15) is 0 Å². The lowest BCUT2D eigenvalue weighted by atomic mass is 10.2. The predicted octanol–water partition coefficient (Wildman–Crippen LogP) is 2.42. The van der Waals surface area contributed by atoms with Crippen LogP contribution in [0.3, 0.4) is 0 Å². The van der Waals surface area contributed by atoms with Gasteiger partial charge in [-0.15, -0.1) is 0 Å². The van der Waals surface area contributed by atoms with Crippen molar-refractivity contribution in [2.75, 3.05) is 11.8 Å². The van der Waals surface area contributed by atoms with E-state index in [0.29, 0.717) is 11.4 Å². The molecule has 3 rings (SSSR count). The molecule has 0 bridgehead atoms. The molecule has 26 heavy (non-hydrogen) atoms. The van der Waals surface area contributed by atoms with Crippen molar-refractivity contribution < 1.29 is 17.5 Å². The normalized spacial score (nSPS) is 11.3. The molecule has 0 saturated carbocycles. The summed E-state index contributed by atoms with van der Waals surface area (Å²) in [6, 6.07) is 9.60. The number of methoxy groups -OCH3 is 1. The molecule has 0 aliphatic carbocycles. The van der Waals surface area contributed by atoms with E-state index in [0.717, 1.165) is 12.1 Å². The molecule has 7 nitrogen and oxygen atoms in total. The number of imidazole rings is 1. The Morgan fingerprint density at radius 2 is 1.92 bits per heavy atom. The van der Waals surface area contributed by atoms with Crippen molar-refractivity contribution >= 4 is 15.7 Å². The maximum absolute atomic E-state index is 13.7. The highest BCUT2D eigenvalue weighted by Crippen LogP contribution is 2.25. The topological polar surface area (TPSA) is 93.2 Å². The number of sulfonamides is 1. The zero-order chi connectivity index (χ0) is 18.9. The summed E-state index contributed by atoms with van der Waals surface area (Å²) < 4.78 is 47.7. The van der Waals surface area contributed by atoms with Gasteiger partial charge in [0.25, 0.3) is 10.0 Å². The zero-order valence-corrected chi connectivity index (χ0v) is 14.8. The van der Waals surface area contributed by atoms with E-state index in [1.54, 1.807) is 25.1 Å². The molecule has 1 aromatic heterocycles. The number of para-hydroxylation sites is 2. The van der Waals surface area contributed by atoms with Crippen molar-refractivity contribution in [1.82, 2.24) is 9.55 Å². The van der Waals surface area contributed by atoms with Crippen molar-refractivity contribution in [2.24, 2.45) is 0 Å². The molecule has 1 heterocycles. The molecular formula is C17H16FN3O4S. The third-order valence-corrected chi connectivity index (χ3v) is 5.09. The van der Waals surface area contributed by atoms with Crippen molar-refractivity contribution in [3.05, 3.63) is 70.7 Å². The Morgan fingerprint density at radius 1 is 1.19 bits per heavy atom. The molecule has 0 fully saturated rings. The number of hydrogen-bond donors (Lipinski definition) is 2. The lowest BCUT2D eigenvalue weighted by Gasteiger charge is -2.14. The van der Waals surface area contributed by atoms with E-state index in [-0.39, 0.29) is 16.3 Å². The summed E-state index contributed by atoms with van der Waals surface area (Å²) in [6.07, 6.45) is 1.52. The minimum Gasteiger partial charge on any atom is -0.497 e. The number of halogens is 1. The van der Waals surface area contributed by atoms with Crippen molar-refractivity contribution in [3.63, 3.8) is 0 Å². The number of benzene rings is 2. The smallest absolute Gasteiger partial charge is 0.330 e. The number of aryl methyl sites for hydroxylation is 1. The molecule has 2 N–H and O–H groups in total. The Morgan fingerprint density at radius 3 is 2.58 bits per heavy atom. The lowest BCUT2D eigenvalue weighted by molar-refractivity contribution is 0.409. The Kier molecular flexibility index (Phi) is 4.56. The predicted molar refractivity (Wildman–Crippen MR) is 94.9 cm³/mol. The van der Waals surface area contributed by atoms with Crippen LogP contribution < -0.4 is 15.1 Å². The van der Waals surface area contributed by atoms with Gasteiger partial charge in [0.15, 0.2) is 0 Å². The second-order valence-corrected chi connectivity index (χ2v) is 7.20. The van der Waals surface area contributed by atoms with Gasteiger partial charge in [-0.3, -0.25) is 9.29 Å². The molecule has 0 amide bonds. The number of aromatic nitrogens is 2. The lowest BCUT2D eigenvalue weighted by Crippen LogP contribution is -2.20. The highest BCUT2D eigenvalue weighted by Gasteiger charge is 2.19. The van der Waals surface area contributed by atoms with E-state index in [4.69, 9.17) is 4.74 Å². The van der Waals surface area contributed by atoms with Gasteiger partial charge < -0.3 is 9.72 Å². The molecule has 0 aliphatic rings. The molecule has 0 aliphatic heterocycles. The largest absolute Gasteiger partial charge is 0.497 e. The van der Waals surface area contributed by atoms with Gasteiger partial charge in [0.05, 0.1) is 23.4 Å². The average molecular weight is 377 g/mol. The first-order valence-electron chi connectivity index (χ1n) is 7.55. The number of rotatable bonds is 5. The third-order valence-electron chi connectivity index (χ3n) is 3.74. The molecule has 0 saturated heterocycles. The number of aromatic amines is 1. The summed E-state index contributed by atoms with van der Waals surface area (Å²) in [7, 11) is -2.79. The van der Waals surface area contributed by atoms with E-state index in [9.17, 15) is 17.6 Å². The van der Waals surface area contributed by atoms with Crippen molar-refractivity contribution in [1.29, 1.82) is 0 Å². The van der Waals surface area contributed by atoms with Crippen LogP contribution >= 0.6 is 0 Å². The zero-order valence-electron chi connectivity index (χ0n) is 14.0. The van der Waals surface area contributed by atoms with E-state index in [1.165, 1.54) is 30.0 Å². The minimum atomic E-state index is -4.10. The minimum absolute atomic E-state index is 0.0800. The van der Waals surface area contributed by atoms with Crippen LogP contribution in [0, 0.1) is 12.7 Å². The summed E-state index contributed by atoms with van der Waals surface area (Å²) in [6.45, 7) is 1.71. The van der Waals surface area contributed by atoms with E-state index in [1.807, 2.05) is 0 Å². The van der Waals surface area contributed by atoms with Gasteiger partial charge in [-0.1, -0.05) is 12.1 Å². The summed E-state index contributed by atoms with van der Waals surface area (Å²) in [4.78, 5) is 14.3. The first-order chi connectivity index (χ1) is 12.3. The first-order valence-corrected chi connectivity index (χ1v) is 9.04. The Balaban J connectivity index is 2.07. The Bertz CT molecular complexity index is 1120. The highest BCUT2D eigenvalue weighted by molar-refractivity contribution is 7.92. The second-order valence-electron chi connectivity index (χ2n) is 5.52. The van der Waals surface area contributed by atoms with Gasteiger partial charge in [-0.25, -0.2) is 17.6 Å². The van der Waals surface area contributed by atoms with Crippen LogP contribution in [0.1, 0.15) is 5.69 Å². The number of H-pyrrole nitrogens is 1. The highest BCUT2D eigenvalue weighted by atomic mass is 32.2. The summed E-state index contributed by atoms with van der Waals surface area (Å²) >= 11 is 0. The fourth-order valence-corrected chi connectivity index (χ4v) is 3.64. The number of hydrogen-bond acceptors (Lipinski definition) is 4. The number of ether oxygens (including phenoxy) is 1. The van der Waals surface area contributed by atoms with Gasteiger partial charge in [0.2, 0.25) is 0 Å². The average Bonchev–Trinajstić information content (AvgIpc) is 2.93. The molecule has 0 atom stereocenters. The molecule has 9 heteroatoms. The molecule has 2 aromatic carbocycles. The van der Waals surface area contributed by atoms with Crippen molar-refractivity contribution in [3.8, 4) is 11.4 Å². The molecule has 0 unspecified atom stereocenters. The fourth-order valence-electron chi connectivity index (χ4n) is 2.52. The van der Waals surface area contributed by atoms with Gasteiger partial charge in [-0.05, 0) is 25.1 Å². The van der Waals surface area contributed by atoms with Crippen LogP contribution in [0.25, 0.3) is 5.69 Å². The van der Waals surface area contributed by atoms with Crippen LogP contribution in [-0.2, 0) is 10.0 Å². The number of nitrogens with zero attached hydrogens (tertiary/aromatic N) is 1. The molecule has 0 radical (unpaired) electrons. The maximum atomic E-state index is 13.7. The Hall–Kier alpha value is -3.07. The number of nitrogens with one attached hydrogen (secondary N) is 2. The molecule has 3 aromatic rings. The number of anilines is 1. The summed E-state index contributed by atoms with van der Waals surface area (Å²) in [5.41, 5.74) is 0.736. The summed E-state index contributed by atoms with van der Waals surface area (Å²) in [5.74, 6) is -0.660. The van der Waals surface area contributed by atoms with Crippen LogP contribution in [0.15, 0.2) is 58.4 Å². The molecular weight excluding hydrogens is 361 g/mol. The fraction of sp³-hybridized carbons (Fsp3) is 0.118. The maximum Gasteiger partial charge on any atom is 0.330 e. The quantitative estimate of drug-likeness (QED) is 0.714. The van der Waals surface area contributed by atoms with E-state index >= 15 is 0 Å². The molecule has 136 valence electrons. The van der Waals surface area contributed by atoms with E-state index < -0.39 is 21.5 Å². The van der Waals surface area contributed by atoms with Crippen LogP contribution in [0.5, 0.6) is 5.75 Å². The van der Waals surface area contributed by atoms with Crippen molar-refractivity contribution in [2.45, 2.75) is 11.8 Å². The SMILES string of the molecule is COc1cc(F)cc(S(=O)(=O)Nc2ccccc2-n2c(C)c[nH]c2=O)c1. The van der Waals surface area contributed by atoms with Crippen LogP contribution in [-0.4, -0.2) is 25.1 Å². The van der Waals surface area contributed by atoms with E-state index in [2.05, 4.69) is 9.71 Å². The molecule has 0 spiro atoms.